The fourth-order valence-corrected chi connectivity index (χ4v) is 147. The Kier molecular flexibility index (Phi) is 45.5. The average molecular weight is 2120 g/mol. The second kappa shape index (κ2) is 44.6. The molecule has 0 fully saturated rings. The molecule has 0 bridgehead atoms. The number of rotatable bonds is 60. The summed E-state index contributed by atoms with van der Waals surface area (Å²) >= 11 is 0. The normalized spacial score (nSPS) is 15.3. The third kappa shape index (κ3) is 58.2. The lowest BCUT2D eigenvalue weighted by atomic mass is 10.4. The van der Waals surface area contributed by atoms with Crippen LogP contribution in [0.3, 0.4) is 0 Å². The molecule has 0 spiro atoms. The van der Waals surface area contributed by atoms with Crippen molar-refractivity contribution in [2.24, 2.45) is 0 Å². The number of carbonyl (C=O) groups excluding carboxylic acids is 2. The maximum absolute atomic E-state index is 11.5. The highest BCUT2D eigenvalue weighted by Crippen LogP contribution is 2.38. The fourth-order valence-electron chi connectivity index (χ4n) is 16.8. The Morgan fingerprint density at radius 3 is 0.378 bits per heavy atom. The second-order valence-corrected chi connectivity index (χ2v) is 134. The van der Waals surface area contributed by atoms with Gasteiger partial charge in [0.1, 0.15) is 0 Å². The zero-order valence-corrected chi connectivity index (χ0v) is 109. The molecule has 0 aliphatic rings. The van der Waals surface area contributed by atoms with Crippen molar-refractivity contribution in [2.75, 3.05) is 13.2 Å². The van der Waals surface area contributed by atoms with E-state index in [0.717, 1.165) is 37.5 Å². The van der Waals surface area contributed by atoms with Crippen LogP contribution in [-0.4, -0.2) is 239 Å². The van der Waals surface area contributed by atoms with Crippen LogP contribution < -0.4 is 0 Å². The monoisotopic (exact) mass is 2120 g/mol. The predicted octanol–water partition coefficient (Wildman–Crippen LogP) is 22.1. The first-order chi connectivity index (χ1) is 51.9. The van der Waals surface area contributed by atoms with E-state index < -0.39 is 226 Å². The van der Waals surface area contributed by atoms with E-state index in [4.69, 9.17) is 108 Å². The van der Waals surface area contributed by atoms with E-state index in [1.165, 1.54) is 0 Å². The molecule has 0 heterocycles. The van der Waals surface area contributed by atoms with Gasteiger partial charge in [0.2, 0.25) is 0 Å². The molecule has 119 heavy (non-hydrogen) atoms. The smallest absolute Gasteiger partial charge is 0.436 e. The Hall–Kier alpha value is 2.48. The average Bonchev–Trinajstić information content (AvgIpc) is 0.800. The maximum atomic E-state index is 11.5. The lowest BCUT2D eigenvalue weighted by Gasteiger charge is -2.45. The summed E-state index contributed by atoms with van der Waals surface area (Å²) in [6, 6.07) is 1.77. The topological polar surface area (TPSA) is 293 Å². The molecule has 30 nitrogen and oxygen atoms in total. The zero-order chi connectivity index (χ0) is 94.5. The highest BCUT2D eigenvalue weighted by Gasteiger charge is 2.57. The Morgan fingerprint density at radius 1 is 0.176 bits per heavy atom. The van der Waals surface area contributed by atoms with Gasteiger partial charge in [0.15, 0.2) is 16.6 Å². The molecular weight excluding hydrogens is 1950 g/mol. The van der Waals surface area contributed by atoms with E-state index in [9.17, 15) is 9.59 Å². The Labute approximate surface area is 750 Å². The van der Waals surface area contributed by atoms with Crippen LogP contribution in [0.5, 0.6) is 0 Å². The molecule has 55 heteroatoms. The maximum Gasteiger partial charge on any atom is 0.513 e. The van der Waals surface area contributed by atoms with Gasteiger partial charge >= 0.3 is 209 Å². The van der Waals surface area contributed by atoms with Crippen LogP contribution in [0.4, 0.5) is 9.59 Å². The van der Waals surface area contributed by atoms with Crippen LogP contribution in [0.15, 0.2) is 25.7 Å². The number of carbonyl (C=O) groups is 2. The van der Waals surface area contributed by atoms with E-state index in [-0.39, 0.29) is 13.2 Å². The van der Waals surface area contributed by atoms with Crippen LogP contribution in [0.2, 0.25) is 339 Å². The molecule has 0 aromatic carbocycles. The molecule has 0 aliphatic heterocycles. The van der Waals surface area contributed by atoms with Gasteiger partial charge < -0.3 is 118 Å². The predicted molar refractivity (Wildman–Crippen MR) is 536 cm³/mol. The van der Waals surface area contributed by atoms with Crippen molar-refractivity contribution in [3.8, 4) is 0 Å². The van der Waals surface area contributed by atoms with Crippen molar-refractivity contribution >= 4 is 226 Å². The van der Waals surface area contributed by atoms with E-state index in [1.807, 2.05) is 249 Å². The number of ether oxygens (including phenoxy) is 4. The van der Waals surface area contributed by atoms with Crippen LogP contribution in [0.25, 0.3) is 0 Å². The molecule has 0 atom stereocenters. The highest BCUT2D eigenvalue weighted by atomic mass is 28.6. The third-order valence-corrected chi connectivity index (χ3v) is 113. The first kappa shape index (κ1) is 121. The summed E-state index contributed by atoms with van der Waals surface area (Å²) in [7, 11) is -70.4. The summed E-state index contributed by atoms with van der Waals surface area (Å²) in [5.74, 6) is 0. The highest BCUT2D eigenvalue weighted by molar-refractivity contribution is 6.98. The van der Waals surface area contributed by atoms with Gasteiger partial charge in [0, 0.05) is 0 Å². The Bertz CT molecular complexity index is 2990. The molecule has 0 aliphatic carbocycles. The van der Waals surface area contributed by atoms with Gasteiger partial charge in [-0.2, -0.15) is 0 Å². The second-order valence-electron chi connectivity index (χ2n) is 41.8. The summed E-state index contributed by atoms with van der Waals surface area (Å²) in [4.78, 5) is 23.1. The van der Waals surface area contributed by atoms with Crippen LogP contribution in [0, 0.1) is 0 Å². The molecule has 0 aromatic heterocycles. The molecule has 0 aromatic rings. The summed E-state index contributed by atoms with van der Waals surface area (Å²) in [5, 5.41) is 0. The number of hydrogen-bond acceptors (Lipinski definition) is 30. The van der Waals surface area contributed by atoms with Gasteiger partial charge in [-0.3, -0.25) is 0 Å². The quantitative estimate of drug-likeness (QED) is 0.0236. The third-order valence-electron chi connectivity index (χ3n) is 15.0. The van der Waals surface area contributed by atoms with E-state index in [0.29, 0.717) is 12.8 Å². The van der Waals surface area contributed by atoms with Crippen molar-refractivity contribution in [3.63, 3.8) is 0 Å². The Balaban J connectivity index is 5.86. The molecule has 0 saturated carbocycles. The fraction of sp³-hybridized carbons (Fsp3) is 0.906. The number of unbranched alkanes of at least 4 members (excludes halogenated alkanes) is 2. The first-order valence-corrected chi connectivity index (χ1v) is 113. The summed E-state index contributed by atoms with van der Waals surface area (Å²) in [6.07, 6.45) is 3.72. The van der Waals surface area contributed by atoms with Gasteiger partial charge in [-0.1, -0.05) is 26.0 Å². The SMILES string of the molecule is C=COC(=O)OCCCC[Si](C)(C)O[Si](C)(C)O[Si](C)(C)O[Si](C)(C)O[Si](C)(C)O[Si](C)(C)O[Si](C)(C)O[Si](C)(C)O[Si](C)(C)O[Si](C)(C)O[Si](C)(C)O[Si](C)(C)O[Si](C)(C)O[Si](C)(C)O[Si](C)(C)O[Si](C)(C)O[Si](C)(C)O[Si](C)(C)O[Si](C)(C)O[Si](C)(C)O[Si](C)(C)O[Si](C)(C)O[Si](C)(C)O[Si](C)(C)O[Si](C)(C)CCCCOC(=O)OC=C. The number of hydrogen-bond donors (Lipinski definition) is 0. The van der Waals surface area contributed by atoms with E-state index >= 15 is 0 Å². The largest absolute Gasteiger partial charge is 0.513 e. The minimum absolute atomic E-state index is 0.271. The van der Waals surface area contributed by atoms with Crippen LogP contribution in [-0.2, 0) is 118 Å². The molecule has 0 radical (unpaired) electrons. The van der Waals surface area contributed by atoms with Crippen molar-refractivity contribution in [1.29, 1.82) is 0 Å². The molecule has 0 rings (SSSR count). The molecule has 708 valence electrons. The summed E-state index contributed by atoms with van der Waals surface area (Å²) in [5.41, 5.74) is 0. The lowest BCUT2D eigenvalue weighted by Crippen LogP contribution is -2.63. The zero-order valence-electron chi connectivity index (χ0n) is 84.0. The molecule has 0 saturated heterocycles. The van der Waals surface area contributed by atoms with Crippen molar-refractivity contribution in [1.82, 2.24) is 0 Å². The van der Waals surface area contributed by atoms with Gasteiger partial charge in [0.25, 0.3) is 0 Å². The van der Waals surface area contributed by atoms with E-state index in [1.54, 1.807) is 0 Å². The molecule has 0 N–H and O–H groups in total. The first-order valence-electron chi connectivity index (χ1n) is 41.6. The van der Waals surface area contributed by atoms with Gasteiger partial charge in [-0.25, -0.2) is 9.59 Å². The minimum atomic E-state index is -2.94. The minimum Gasteiger partial charge on any atom is -0.436 e. The van der Waals surface area contributed by atoms with Gasteiger partial charge in [-0.05, 0) is 352 Å². The van der Waals surface area contributed by atoms with Crippen LogP contribution >= 0.6 is 0 Å². The van der Waals surface area contributed by atoms with Gasteiger partial charge in [-0.15, -0.1) is 0 Å². The molecular formula is C64H172O30Si25. The summed E-state index contributed by atoms with van der Waals surface area (Å²) in [6.45, 7) is 110. The molecule has 0 amide bonds. The summed E-state index contributed by atoms with van der Waals surface area (Å²) < 4.78 is 186. The Morgan fingerprint density at radius 2 is 0.277 bits per heavy atom. The van der Waals surface area contributed by atoms with Crippen molar-refractivity contribution in [3.05, 3.63) is 25.7 Å². The lowest BCUT2D eigenvalue weighted by molar-refractivity contribution is 0.0827. The van der Waals surface area contributed by atoms with Gasteiger partial charge in [0.05, 0.1) is 25.7 Å². The standard InChI is InChI=1S/C64H172O30Si25/c1-53-67-63(65)69-59-55-57-61-95(3,4)71-97(7,8)73-99(11,12)75-101(15,16)77-103(19,20)79-105(23,24)81-107(27,28)83-109(31,32)85-111(35,36)87-113(39,40)89-115(43,44)91-117(47,48)93-119(51,52)94-118(49,50)92-116(45,46)90-114(41,42)88-112(37,38)86-110(33,34)84-108(29,30)82-106(25,26)80-104(21,22)78-102(17,18)76-100(13,14)74-98(9,10)72-96(5,6)62-58-56-60-70-64(66)68-54-2/h53-54H,1-2,55-62H2,3-52H3. The molecule has 0 unspecified atom stereocenters. The van der Waals surface area contributed by atoms with E-state index in [2.05, 4.69) is 101 Å². The van der Waals surface area contributed by atoms with Crippen molar-refractivity contribution < 1.29 is 127 Å². The van der Waals surface area contributed by atoms with Crippen LogP contribution in [0.1, 0.15) is 25.7 Å². The van der Waals surface area contributed by atoms with Crippen molar-refractivity contribution in [2.45, 2.75) is 365 Å².